The number of carbonyl (C=O) groups excluding carboxylic acids is 1. The van der Waals surface area contributed by atoms with Gasteiger partial charge in [-0.05, 0) is 88.4 Å². The highest BCUT2D eigenvalue weighted by molar-refractivity contribution is 5.81. The molecule has 0 aromatic rings. The van der Waals surface area contributed by atoms with Gasteiger partial charge in [0.1, 0.15) is 0 Å². The van der Waals surface area contributed by atoms with E-state index in [0.717, 1.165) is 17.8 Å². The van der Waals surface area contributed by atoms with E-state index >= 15 is 0 Å². The van der Waals surface area contributed by atoms with Crippen LogP contribution < -0.4 is 10.6 Å². The Morgan fingerprint density at radius 3 is 2.00 bits per heavy atom. The average molecular weight is 290 g/mol. The lowest BCUT2D eigenvalue weighted by atomic mass is 9.48. The first-order chi connectivity index (χ1) is 10.0. The average Bonchev–Trinajstić information content (AvgIpc) is 3.20. The molecule has 0 aromatic carbocycles. The van der Waals surface area contributed by atoms with Crippen molar-refractivity contribution < 1.29 is 4.79 Å². The minimum atomic E-state index is -0.0476. The van der Waals surface area contributed by atoms with E-state index in [1.54, 1.807) is 0 Å². The lowest BCUT2D eigenvalue weighted by Crippen LogP contribution is -2.58. The van der Waals surface area contributed by atoms with Crippen LogP contribution in [0.1, 0.15) is 65.2 Å². The molecule has 0 aliphatic heterocycles. The van der Waals surface area contributed by atoms with Crippen molar-refractivity contribution in [3.05, 3.63) is 0 Å². The quantitative estimate of drug-likeness (QED) is 0.817. The van der Waals surface area contributed by atoms with E-state index in [0.29, 0.717) is 17.5 Å². The third-order valence-electron chi connectivity index (χ3n) is 6.82. The van der Waals surface area contributed by atoms with Gasteiger partial charge in [0.15, 0.2) is 0 Å². The Hall–Kier alpha value is -0.570. The summed E-state index contributed by atoms with van der Waals surface area (Å²) in [5, 5.41) is 6.79. The van der Waals surface area contributed by atoms with Crippen LogP contribution in [0.25, 0.3) is 0 Å². The zero-order valence-corrected chi connectivity index (χ0v) is 13.5. The van der Waals surface area contributed by atoms with Crippen LogP contribution in [0.5, 0.6) is 0 Å². The molecule has 0 saturated heterocycles. The summed E-state index contributed by atoms with van der Waals surface area (Å²) in [5.74, 6) is 3.15. The van der Waals surface area contributed by atoms with E-state index in [9.17, 15) is 4.79 Å². The van der Waals surface area contributed by atoms with Gasteiger partial charge in [-0.3, -0.25) is 4.79 Å². The number of amides is 1. The van der Waals surface area contributed by atoms with Crippen molar-refractivity contribution >= 4 is 5.91 Å². The largest absolute Gasteiger partial charge is 0.352 e. The Morgan fingerprint density at radius 2 is 1.52 bits per heavy atom. The normalized spacial score (nSPS) is 43.6. The van der Waals surface area contributed by atoms with Crippen LogP contribution in [0.3, 0.4) is 0 Å². The fourth-order valence-corrected chi connectivity index (χ4v) is 5.89. The van der Waals surface area contributed by atoms with Crippen molar-refractivity contribution in [3.63, 3.8) is 0 Å². The summed E-state index contributed by atoms with van der Waals surface area (Å²) >= 11 is 0. The van der Waals surface area contributed by atoms with Crippen molar-refractivity contribution in [1.29, 1.82) is 0 Å². The molecule has 5 fully saturated rings. The standard InChI is InChI=1S/C18H30N2O/c1-11(17(21)20-16-3-4-16)19-12(2)18-8-13-5-14(9-18)7-15(6-13)10-18/h11-16,19H,3-10H2,1-2H3,(H,20,21). The molecular weight excluding hydrogens is 260 g/mol. The molecule has 118 valence electrons. The summed E-state index contributed by atoms with van der Waals surface area (Å²) in [6.07, 6.45) is 11.0. The number of hydrogen-bond acceptors (Lipinski definition) is 2. The van der Waals surface area contributed by atoms with Crippen LogP contribution in [0.2, 0.25) is 0 Å². The number of carbonyl (C=O) groups is 1. The summed E-state index contributed by atoms with van der Waals surface area (Å²) in [6.45, 7) is 4.38. The molecule has 21 heavy (non-hydrogen) atoms. The van der Waals surface area contributed by atoms with Gasteiger partial charge in [-0.25, -0.2) is 0 Å². The smallest absolute Gasteiger partial charge is 0.237 e. The fraction of sp³-hybridized carbons (Fsp3) is 0.944. The highest BCUT2D eigenvalue weighted by Crippen LogP contribution is 2.61. The predicted molar refractivity (Wildman–Crippen MR) is 83.8 cm³/mol. The van der Waals surface area contributed by atoms with Gasteiger partial charge < -0.3 is 10.6 Å². The number of rotatable bonds is 5. The van der Waals surface area contributed by atoms with Gasteiger partial charge in [0.25, 0.3) is 0 Å². The first-order valence-corrected chi connectivity index (χ1v) is 9.10. The Balaban J connectivity index is 1.39. The lowest BCUT2D eigenvalue weighted by molar-refractivity contribution is -0.124. The molecule has 2 unspecified atom stereocenters. The summed E-state index contributed by atoms with van der Waals surface area (Å²) in [7, 11) is 0. The van der Waals surface area contributed by atoms with Crippen molar-refractivity contribution in [2.75, 3.05) is 0 Å². The lowest BCUT2D eigenvalue weighted by Gasteiger charge is -2.59. The molecule has 5 aliphatic rings. The minimum Gasteiger partial charge on any atom is -0.352 e. The summed E-state index contributed by atoms with van der Waals surface area (Å²) in [5.41, 5.74) is 0.489. The molecule has 0 aromatic heterocycles. The highest BCUT2D eigenvalue weighted by Gasteiger charge is 2.53. The van der Waals surface area contributed by atoms with Gasteiger partial charge in [-0.2, -0.15) is 0 Å². The topological polar surface area (TPSA) is 41.1 Å². The van der Waals surface area contributed by atoms with Gasteiger partial charge in [0.05, 0.1) is 6.04 Å². The molecule has 4 bridgehead atoms. The Labute approximate surface area is 128 Å². The van der Waals surface area contributed by atoms with Gasteiger partial charge in [-0.15, -0.1) is 0 Å². The Morgan fingerprint density at radius 1 is 1.00 bits per heavy atom. The molecule has 0 radical (unpaired) electrons. The molecule has 3 nitrogen and oxygen atoms in total. The van der Waals surface area contributed by atoms with Crippen LogP contribution in [0.4, 0.5) is 0 Å². The van der Waals surface area contributed by atoms with Gasteiger partial charge in [-0.1, -0.05) is 0 Å². The molecule has 0 heterocycles. The van der Waals surface area contributed by atoms with Gasteiger partial charge >= 0.3 is 0 Å². The monoisotopic (exact) mass is 290 g/mol. The van der Waals surface area contributed by atoms with E-state index in [1.807, 2.05) is 6.92 Å². The molecule has 5 rings (SSSR count). The third-order valence-corrected chi connectivity index (χ3v) is 6.82. The van der Waals surface area contributed by atoms with Gasteiger partial charge in [0, 0.05) is 12.1 Å². The fourth-order valence-electron chi connectivity index (χ4n) is 5.89. The maximum atomic E-state index is 12.2. The summed E-state index contributed by atoms with van der Waals surface area (Å²) < 4.78 is 0. The van der Waals surface area contributed by atoms with Crippen molar-refractivity contribution in [2.24, 2.45) is 23.2 Å². The predicted octanol–water partition coefficient (Wildman–Crippen LogP) is 2.85. The second-order valence-corrected chi connectivity index (χ2v) is 8.67. The van der Waals surface area contributed by atoms with E-state index in [-0.39, 0.29) is 11.9 Å². The third kappa shape index (κ3) is 2.62. The van der Waals surface area contributed by atoms with Crippen molar-refractivity contribution in [2.45, 2.75) is 83.3 Å². The molecule has 2 atom stereocenters. The zero-order chi connectivity index (χ0) is 14.6. The molecule has 0 spiro atoms. The van der Waals surface area contributed by atoms with E-state index in [2.05, 4.69) is 17.6 Å². The first kappa shape index (κ1) is 14.0. The van der Waals surface area contributed by atoms with Crippen molar-refractivity contribution in [1.82, 2.24) is 10.6 Å². The van der Waals surface area contributed by atoms with E-state index in [4.69, 9.17) is 0 Å². The van der Waals surface area contributed by atoms with Crippen LogP contribution in [0, 0.1) is 23.2 Å². The number of hydrogen-bond donors (Lipinski definition) is 2. The SMILES string of the molecule is CC(NC(C)C12CC3CC(CC(C3)C1)C2)C(=O)NC1CC1. The van der Waals surface area contributed by atoms with Crippen LogP contribution in [-0.2, 0) is 4.79 Å². The maximum Gasteiger partial charge on any atom is 0.237 e. The Kier molecular flexibility index (Phi) is 3.33. The summed E-state index contributed by atoms with van der Waals surface area (Å²) in [6, 6.07) is 0.899. The molecular formula is C18H30N2O. The van der Waals surface area contributed by atoms with Crippen molar-refractivity contribution in [3.8, 4) is 0 Å². The van der Waals surface area contributed by atoms with E-state index < -0.39 is 0 Å². The zero-order valence-electron chi connectivity index (χ0n) is 13.5. The van der Waals surface area contributed by atoms with Gasteiger partial charge in [0.2, 0.25) is 5.91 Å². The molecule has 2 N–H and O–H groups in total. The van der Waals surface area contributed by atoms with Crippen LogP contribution >= 0.6 is 0 Å². The maximum absolute atomic E-state index is 12.2. The molecule has 1 amide bonds. The second kappa shape index (κ2) is 4.97. The second-order valence-electron chi connectivity index (χ2n) is 8.67. The Bertz CT molecular complexity index is 394. The molecule has 5 aliphatic carbocycles. The molecule has 5 saturated carbocycles. The van der Waals surface area contributed by atoms with Crippen LogP contribution in [0.15, 0.2) is 0 Å². The number of nitrogens with one attached hydrogen (secondary N) is 2. The van der Waals surface area contributed by atoms with E-state index in [1.165, 1.54) is 51.4 Å². The highest BCUT2D eigenvalue weighted by atomic mass is 16.2. The van der Waals surface area contributed by atoms with Crippen LogP contribution in [-0.4, -0.2) is 24.0 Å². The molecule has 3 heteroatoms. The first-order valence-electron chi connectivity index (χ1n) is 9.10. The minimum absolute atomic E-state index is 0.0476. The summed E-state index contributed by atoms with van der Waals surface area (Å²) in [4.78, 5) is 12.2.